The van der Waals surface area contributed by atoms with Gasteiger partial charge in [0.15, 0.2) is 0 Å². The Balaban J connectivity index is 2.79. The van der Waals surface area contributed by atoms with Gasteiger partial charge in [0.25, 0.3) is 0 Å². The molecule has 0 amide bonds. The van der Waals surface area contributed by atoms with Crippen LogP contribution in [0.1, 0.15) is 74.1 Å². The highest BCUT2D eigenvalue weighted by molar-refractivity contribution is 5.81. The molecule has 0 bridgehead atoms. The molecule has 0 saturated heterocycles. The van der Waals surface area contributed by atoms with Gasteiger partial charge in [-0.2, -0.15) is 0 Å². The van der Waals surface area contributed by atoms with Crippen LogP contribution in [0.2, 0.25) is 0 Å². The van der Waals surface area contributed by atoms with Gasteiger partial charge in [-0.15, -0.1) is 0 Å². The summed E-state index contributed by atoms with van der Waals surface area (Å²) in [4.78, 5) is 4.63. The zero-order valence-corrected chi connectivity index (χ0v) is 16.8. The first kappa shape index (κ1) is 20.4. The van der Waals surface area contributed by atoms with Gasteiger partial charge in [-0.05, 0) is 77.5 Å². The fraction of sp³-hybridized carbons (Fsp3) is 0.522. The summed E-state index contributed by atoms with van der Waals surface area (Å²) in [6.07, 6.45) is 9.00. The Bertz CT molecular complexity index is 629. The first-order chi connectivity index (χ1) is 11.2. The van der Waals surface area contributed by atoms with Gasteiger partial charge in [0.1, 0.15) is 0 Å². The number of hydrogen-bond acceptors (Lipinski definition) is 1. The van der Waals surface area contributed by atoms with Crippen molar-refractivity contribution in [3.05, 3.63) is 57.7 Å². The van der Waals surface area contributed by atoms with E-state index in [1.54, 1.807) is 0 Å². The SMILES string of the molecule is C=C(/C=C(/C)C1=C(C)C/C(=C/C(C)=C(C)C)C1)CN=C(C)CCC. The highest BCUT2D eigenvalue weighted by Crippen LogP contribution is 2.36. The summed E-state index contributed by atoms with van der Waals surface area (Å²) in [5.41, 5.74) is 11.0. The minimum absolute atomic E-state index is 0.717. The van der Waals surface area contributed by atoms with Gasteiger partial charge in [0, 0.05) is 5.71 Å². The summed E-state index contributed by atoms with van der Waals surface area (Å²) in [6.45, 7) is 20.2. The van der Waals surface area contributed by atoms with Crippen LogP contribution in [0.3, 0.4) is 0 Å². The lowest BCUT2D eigenvalue weighted by Crippen LogP contribution is -1.94. The average Bonchev–Trinajstić information content (AvgIpc) is 2.86. The Hall–Kier alpha value is -1.63. The summed E-state index contributed by atoms with van der Waals surface area (Å²) < 4.78 is 0. The lowest BCUT2D eigenvalue weighted by Gasteiger charge is -2.06. The van der Waals surface area contributed by atoms with Crippen molar-refractivity contribution in [3.8, 4) is 0 Å². The maximum Gasteiger partial charge on any atom is 0.0633 e. The van der Waals surface area contributed by atoms with Crippen molar-refractivity contribution in [2.75, 3.05) is 6.54 Å². The molecule has 1 rings (SSSR count). The van der Waals surface area contributed by atoms with Crippen LogP contribution in [0, 0.1) is 0 Å². The fourth-order valence-corrected chi connectivity index (χ4v) is 3.03. The van der Waals surface area contributed by atoms with E-state index in [9.17, 15) is 0 Å². The minimum Gasteiger partial charge on any atom is -0.290 e. The standard InChI is InChI=1S/C23H35N/c1-9-10-21(8)24-15-17(4)11-19(6)23-14-22(13-20(23)7)12-18(5)16(2)3/h11-12H,4,9-10,13-15H2,1-3,5-8H3/b19-11-,22-12-,24-21?. The van der Waals surface area contributed by atoms with Gasteiger partial charge in [-0.1, -0.05) is 54.4 Å². The second kappa shape index (κ2) is 9.61. The molecular formula is C23H35N. The first-order valence-electron chi connectivity index (χ1n) is 9.13. The van der Waals surface area contributed by atoms with Crippen LogP contribution < -0.4 is 0 Å². The first-order valence-corrected chi connectivity index (χ1v) is 9.13. The molecule has 1 heteroatoms. The van der Waals surface area contributed by atoms with E-state index in [0.29, 0.717) is 0 Å². The van der Waals surface area contributed by atoms with Crippen LogP contribution in [0.5, 0.6) is 0 Å². The molecule has 24 heavy (non-hydrogen) atoms. The third kappa shape index (κ3) is 6.47. The topological polar surface area (TPSA) is 12.4 Å². The minimum atomic E-state index is 0.717. The van der Waals surface area contributed by atoms with Crippen molar-refractivity contribution in [1.29, 1.82) is 0 Å². The Morgan fingerprint density at radius 2 is 1.79 bits per heavy atom. The molecule has 132 valence electrons. The van der Waals surface area contributed by atoms with Gasteiger partial charge in [0.05, 0.1) is 6.54 Å². The van der Waals surface area contributed by atoms with Gasteiger partial charge in [-0.3, -0.25) is 4.99 Å². The highest BCUT2D eigenvalue weighted by atomic mass is 14.7. The van der Waals surface area contributed by atoms with Gasteiger partial charge in [-0.25, -0.2) is 0 Å². The molecule has 1 aliphatic rings. The molecule has 0 atom stereocenters. The van der Waals surface area contributed by atoms with E-state index >= 15 is 0 Å². The van der Waals surface area contributed by atoms with Crippen molar-refractivity contribution in [1.82, 2.24) is 0 Å². The average molecular weight is 326 g/mol. The van der Waals surface area contributed by atoms with E-state index in [4.69, 9.17) is 0 Å². The largest absolute Gasteiger partial charge is 0.290 e. The Morgan fingerprint density at radius 1 is 1.12 bits per heavy atom. The van der Waals surface area contributed by atoms with Crippen LogP contribution in [0.4, 0.5) is 0 Å². The smallest absolute Gasteiger partial charge is 0.0633 e. The van der Waals surface area contributed by atoms with Gasteiger partial charge < -0.3 is 0 Å². The lowest BCUT2D eigenvalue weighted by atomic mass is 10.0. The zero-order valence-electron chi connectivity index (χ0n) is 16.8. The van der Waals surface area contributed by atoms with Crippen molar-refractivity contribution in [2.45, 2.75) is 74.1 Å². The molecule has 1 nitrogen and oxygen atoms in total. The number of aliphatic imine (C=N–C) groups is 1. The maximum absolute atomic E-state index is 4.63. The van der Waals surface area contributed by atoms with Crippen molar-refractivity contribution in [3.63, 3.8) is 0 Å². The number of hydrogen-bond donors (Lipinski definition) is 0. The van der Waals surface area contributed by atoms with Crippen LogP contribution in [-0.4, -0.2) is 12.3 Å². The van der Waals surface area contributed by atoms with E-state index in [1.165, 1.54) is 39.2 Å². The molecule has 0 aromatic carbocycles. The van der Waals surface area contributed by atoms with Crippen LogP contribution >= 0.6 is 0 Å². The van der Waals surface area contributed by atoms with Crippen molar-refractivity contribution < 1.29 is 0 Å². The Kier molecular flexibility index (Phi) is 8.18. The molecular weight excluding hydrogens is 290 g/mol. The predicted molar refractivity (Wildman–Crippen MR) is 110 cm³/mol. The quantitative estimate of drug-likeness (QED) is 0.348. The molecule has 0 aliphatic heterocycles. The number of allylic oxidation sites excluding steroid dienone is 7. The Labute approximate surface area is 149 Å². The molecule has 0 heterocycles. The predicted octanol–water partition coefficient (Wildman–Crippen LogP) is 7.14. The summed E-state index contributed by atoms with van der Waals surface area (Å²) in [5.74, 6) is 0. The monoisotopic (exact) mass is 325 g/mol. The molecule has 0 aromatic heterocycles. The van der Waals surface area contributed by atoms with Crippen LogP contribution in [0.25, 0.3) is 0 Å². The molecule has 0 spiro atoms. The molecule has 0 unspecified atom stereocenters. The van der Waals surface area contributed by atoms with E-state index in [0.717, 1.165) is 37.8 Å². The molecule has 1 aliphatic carbocycles. The third-order valence-corrected chi connectivity index (χ3v) is 4.68. The van der Waals surface area contributed by atoms with Crippen LogP contribution in [-0.2, 0) is 0 Å². The number of rotatable bonds is 7. The summed E-state index contributed by atoms with van der Waals surface area (Å²) in [5, 5.41) is 0. The zero-order chi connectivity index (χ0) is 18.3. The second-order valence-corrected chi connectivity index (χ2v) is 7.39. The lowest BCUT2D eigenvalue weighted by molar-refractivity contribution is 0.976. The highest BCUT2D eigenvalue weighted by Gasteiger charge is 2.17. The second-order valence-electron chi connectivity index (χ2n) is 7.39. The fourth-order valence-electron chi connectivity index (χ4n) is 3.03. The Morgan fingerprint density at radius 3 is 2.38 bits per heavy atom. The third-order valence-electron chi connectivity index (χ3n) is 4.68. The molecule has 0 N–H and O–H groups in total. The van der Waals surface area contributed by atoms with Crippen molar-refractivity contribution in [2.24, 2.45) is 4.99 Å². The van der Waals surface area contributed by atoms with E-state index in [-0.39, 0.29) is 0 Å². The molecule has 0 fully saturated rings. The van der Waals surface area contributed by atoms with E-state index < -0.39 is 0 Å². The summed E-state index contributed by atoms with van der Waals surface area (Å²) in [6, 6.07) is 0. The normalized spacial score (nSPS) is 17.7. The molecule has 0 aromatic rings. The van der Waals surface area contributed by atoms with Crippen LogP contribution in [0.15, 0.2) is 62.7 Å². The van der Waals surface area contributed by atoms with Gasteiger partial charge in [0.2, 0.25) is 0 Å². The van der Waals surface area contributed by atoms with E-state index in [2.05, 4.69) is 72.2 Å². The molecule has 0 saturated carbocycles. The summed E-state index contributed by atoms with van der Waals surface area (Å²) in [7, 11) is 0. The maximum atomic E-state index is 4.63. The number of nitrogens with zero attached hydrogens (tertiary/aromatic N) is 1. The molecule has 0 radical (unpaired) electrons. The van der Waals surface area contributed by atoms with Crippen molar-refractivity contribution >= 4 is 5.71 Å². The van der Waals surface area contributed by atoms with E-state index in [1.807, 2.05) is 0 Å². The summed E-state index contributed by atoms with van der Waals surface area (Å²) >= 11 is 0. The van der Waals surface area contributed by atoms with Gasteiger partial charge >= 0.3 is 0 Å².